The van der Waals surface area contributed by atoms with Crippen molar-refractivity contribution in [2.24, 2.45) is 5.92 Å². The molecule has 1 fully saturated rings. The number of amides is 1. The Balaban J connectivity index is 1.87. The van der Waals surface area contributed by atoms with Crippen LogP contribution in [0.4, 0.5) is 5.69 Å². The van der Waals surface area contributed by atoms with E-state index in [1.165, 1.54) is 0 Å². The van der Waals surface area contributed by atoms with Gasteiger partial charge in [-0.1, -0.05) is 12.1 Å². The van der Waals surface area contributed by atoms with E-state index in [0.717, 1.165) is 37.2 Å². The Morgan fingerprint density at radius 1 is 1.28 bits per heavy atom. The molecule has 0 bridgehead atoms. The highest BCUT2D eigenvalue weighted by Crippen LogP contribution is 2.17. The molecule has 3 N–H and O–H groups in total. The molecule has 0 atom stereocenters. The average Bonchev–Trinajstić information content (AvgIpc) is 2.41. The van der Waals surface area contributed by atoms with Crippen LogP contribution in [0.15, 0.2) is 24.3 Å². The third-order valence-corrected chi connectivity index (χ3v) is 3.56. The zero-order valence-electron chi connectivity index (χ0n) is 10.5. The summed E-state index contributed by atoms with van der Waals surface area (Å²) in [6.45, 7) is 1.76. The summed E-state index contributed by atoms with van der Waals surface area (Å²) in [6.07, 6.45) is 2.25. The molecule has 0 radical (unpaired) electrons. The van der Waals surface area contributed by atoms with Crippen molar-refractivity contribution in [3.8, 4) is 0 Å². The molecule has 1 amide bonds. The van der Waals surface area contributed by atoms with Crippen molar-refractivity contribution in [1.82, 2.24) is 4.90 Å². The zero-order valence-corrected chi connectivity index (χ0v) is 10.5. The predicted octanol–water partition coefficient (Wildman–Crippen LogP) is 1.04. The molecule has 0 saturated carbocycles. The van der Waals surface area contributed by atoms with Gasteiger partial charge in [-0.2, -0.15) is 0 Å². The summed E-state index contributed by atoms with van der Waals surface area (Å²) >= 11 is 0. The fourth-order valence-electron chi connectivity index (χ4n) is 2.29. The van der Waals surface area contributed by atoms with Crippen molar-refractivity contribution < 1.29 is 9.90 Å². The van der Waals surface area contributed by atoms with E-state index in [4.69, 9.17) is 10.8 Å². The zero-order chi connectivity index (χ0) is 13.0. The second-order valence-corrected chi connectivity index (χ2v) is 4.93. The quantitative estimate of drug-likeness (QED) is 0.785. The molecule has 2 rings (SSSR count). The lowest BCUT2D eigenvalue weighted by atomic mass is 9.97. The Hall–Kier alpha value is -1.55. The van der Waals surface area contributed by atoms with Crippen LogP contribution in [0.1, 0.15) is 18.4 Å². The van der Waals surface area contributed by atoms with E-state index < -0.39 is 0 Å². The number of carbonyl (C=O) groups is 1. The number of hydrogen-bond donors (Lipinski definition) is 2. The van der Waals surface area contributed by atoms with Crippen molar-refractivity contribution in [3.05, 3.63) is 29.8 Å². The summed E-state index contributed by atoms with van der Waals surface area (Å²) in [5.41, 5.74) is 7.33. The monoisotopic (exact) mass is 248 g/mol. The van der Waals surface area contributed by atoms with Gasteiger partial charge in [0.15, 0.2) is 0 Å². The molecule has 1 saturated heterocycles. The molecule has 1 aromatic rings. The number of aliphatic hydroxyl groups excluding tert-OH is 1. The van der Waals surface area contributed by atoms with Gasteiger partial charge < -0.3 is 15.7 Å². The van der Waals surface area contributed by atoms with Crippen LogP contribution in [-0.2, 0) is 11.2 Å². The van der Waals surface area contributed by atoms with Crippen LogP contribution in [-0.4, -0.2) is 35.6 Å². The van der Waals surface area contributed by atoms with Crippen molar-refractivity contribution in [2.45, 2.75) is 19.3 Å². The summed E-state index contributed by atoms with van der Waals surface area (Å²) in [5.74, 6) is 0.529. The SMILES string of the molecule is Nc1ccc(CC(=O)N2CCC(CO)CC2)cc1. The van der Waals surface area contributed by atoms with Crippen molar-refractivity contribution in [3.63, 3.8) is 0 Å². The standard InChI is InChI=1S/C14H20N2O2/c15-13-3-1-11(2-4-13)9-14(18)16-7-5-12(10-17)6-8-16/h1-4,12,17H,5-10,15H2. The molecule has 1 heterocycles. The third-order valence-electron chi connectivity index (χ3n) is 3.56. The van der Waals surface area contributed by atoms with Gasteiger partial charge >= 0.3 is 0 Å². The largest absolute Gasteiger partial charge is 0.399 e. The van der Waals surface area contributed by atoms with E-state index in [0.29, 0.717) is 12.3 Å². The summed E-state index contributed by atoms with van der Waals surface area (Å²) in [5, 5.41) is 9.06. The van der Waals surface area contributed by atoms with Crippen LogP contribution in [0.5, 0.6) is 0 Å². The van der Waals surface area contributed by atoms with Crippen LogP contribution in [0.25, 0.3) is 0 Å². The minimum atomic E-state index is 0.163. The number of nitrogen functional groups attached to an aromatic ring is 1. The summed E-state index contributed by atoms with van der Waals surface area (Å²) in [6, 6.07) is 7.43. The van der Waals surface area contributed by atoms with Gasteiger partial charge in [-0.15, -0.1) is 0 Å². The number of hydrogen-bond acceptors (Lipinski definition) is 3. The van der Waals surface area contributed by atoms with Crippen LogP contribution >= 0.6 is 0 Å². The van der Waals surface area contributed by atoms with E-state index >= 15 is 0 Å². The minimum Gasteiger partial charge on any atom is -0.399 e. The minimum absolute atomic E-state index is 0.163. The highest BCUT2D eigenvalue weighted by Gasteiger charge is 2.22. The molecule has 4 heteroatoms. The fraction of sp³-hybridized carbons (Fsp3) is 0.500. The molecule has 0 aromatic heterocycles. The number of nitrogens with two attached hydrogens (primary N) is 1. The number of benzene rings is 1. The number of aliphatic hydroxyl groups is 1. The lowest BCUT2D eigenvalue weighted by molar-refractivity contribution is -0.132. The summed E-state index contributed by atoms with van der Waals surface area (Å²) < 4.78 is 0. The van der Waals surface area contributed by atoms with Crippen molar-refractivity contribution in [2.75, 3.05) is 25.4 Å². The van der Waals surface area contributed by atoms with Crippen LogP contribution in [0.3, 0.4) is 0 Å². The normalized spacial score (nSPS) is 16.8. The molecule has 1 aromatic carbocycles. The molecule has 0 aliphatic carbocycles. The first-order valence-electron chi connectivity index (χ1n) is 6.42. The van der Waals surface area contributed by atoms with Crippen molar-refractivity contribution >= 4 is 11.6 Å². The number of rotatable bonds is 3. The molecule has 0 spiro atoms. The Morgan fingerprint density at radius 2 is 1.89 bits per heavy atom. The maximum absolute atomic E-state index is 12.1. The van der Waals surface area contributed by atoms with Gasteiger partial charge in [0.05, 0.1) is 6.42 Å². The van der Waals surface area contributed by atoms with Gasteiger partial charge in [0, 0.05) is 25.4 Å². The summed E-state index contributed by atoms with van der Waals surface area (Å²) in [4.78, 5) is 14.0. The molecular formula is C14H20N2O2. The lowest BCUT2D eigenvalue weighted by Gasteiger charge is -2.31. The Labute approximate surface area is 107 Å². The molecule has 1 aliphatic heterocycles. The second kappa shape index (κ2) is 5.87. The second-order valence-electron chi connectivity index (χ2n) is 4.93. The maximum atomic E-state index is 12.1. The number of likely N-dealkylation sites (tertiary alicyclic amines) is 1. The Bertz CT molecular complexity index is 395. The number of carbonyl (C=O) groups excluding carboxylic acids is 1. The highest BCUT2D eigenvalue weighted by atomic mass is 16.3. The lowest BCUT2D eigenvalue weighted by Crippen LogP contribution is -2.40. The van der Waals surface area contributed by atoms with Gasteiger partial charge in [0.1, 0.15) is 0 Å². The van der Waals surface area contributed by atoms with Crippen LogP contribution in [0.2, 0.25) is 0 Å². The van der Waals surface area contributed by atoms with Gasteiger partial charge in [0.2, 0.25) is 5.91 Å². The van der Waals surface area contributed by atoms with E-state index in [2.05, 4.69) is 0 Å². The van der Waals surface area contributed by atoms with E-state index in [1.54, 1.807) is 0 Å². The highest BCUT2D eigenvalue weighted by molar-refractivity contribution is 5.79. The number of anilines is 1. The Morgan fingerprint density at radius 3 is 2.44 bits per heavy atom. The molecule has 18 heavy (non-hydrogen) atoms. The van der Waals surface area contributed by atoms with Gasteiger partial charge in [-0.3, -0.25) is 4.79 Å². The predicted molar refractivity (Wildman–Crippen MR) is 70.9 cm³/mol. The summed E-state index contributed by atoms with van der Waals surface area (Å²) in [7, 11) is 0. The van der Waals surface area contributed by atoms with Crippen LogP contribution < -0.4 is 5.73 Å². The van der Waals surface area contributed by atoms with Gasteiger partial charge in [0.25, 0.3) is 0 Å². The number of nitrogens with zero attached hydrogens (tertiary/aromatic N) is 1. The maximum Gasteiger partial charge on any atom is 0.226 e. The molecule has 98 valence electrons. The first-order valence-corrected chi connectivity index (χ1v) is 6.42. The van der Waals surface area contributed by atoms with E-state index in [-0.39, 0.29) is 12.5 Å². The first-order chi connectivity index (χ1) is 8.69. The molecule has 4 nitrogen and oxygen atoms in total. The molecular weight excluding hydrogens is 228 g/mol. The number of piperidine rings is 1. The molecule has 1 aliphatic rings. The first kappa shape index (κ1) is 12.9. The van der Waals surface area contributed by atoms with Gasteiger partial charge in [-0.05, 0) is 36.5 Å². The molecule has 0 unspecified atom stereocenters. The fourth-order valence-corrected chi connectivity index (χ4v) is 2.29. The topological polar surface area (TPSA) is 66.6 Å². The Kier molecular flexibility index (Phi) is 4.20. The van der Waals surface area contributed by atoms with Crippen molar-refractivity contribution in [1.29, 1.82) is 0 Å². The van der Waals surface area contributed by atoms with E-state index in [9.17, 15) is 4.79 Å². The van der Waals surface area contributed by atoms with Gasteiger partial charge in [-0.25, -0.2) is 0 Å². The third kappa shape index (κ3) is 3.23. The van der Waals surface area contributed by atoms with Crippen LogP contribution in [0, 0.1) is 5.92 Å². The average molecular weight is 248 g/mol. The smallest absolute Gasteiger partial charge is 0.226 e. The van der Waals surface area contributed by atoms with E-state index in [1.807, 2.05) is 29.2 Å².